The van der Waals surface area contributed by atoms with Crippen molar-refractivity contribution >= 4 is 23.8 Å². The summed E-state index contributed by atoms with van der Waals surface area (Å²) >= 11 is 0. The van der Waals surface area contributed by atoms with Crippen molar-refractivity contribution in [2.45, 2.75) is 44.6 Å². The van der Waals surface area contributed by atoms with Crippen molar-refractivity contribution in [3.63, 3.8) is 0 Å². The van der Waals surface area contributed by atoms with E-state index in [1.54, 1.807) is 18.2 Å². The molecule has 0 bridgehead atoms. The van der Waals surface area contributed by atoms with Crippen LogP contribution in [0.25, 0.3) is 0 Å². The molecule has 2 N–H and O–H groups in total. The van der Waals surface area contributed by atoms with E-state index in [0.29, 0.717) is 16.7 Å². The number of ether oxygens (including phenoxy) is 2. The summed E-state index contributed by atoms with van der Waals surface area (Å²) in [5.41, 5.74) is 1.50. The van der Waals surface area contributed by atoms with Gasteiger partial charge in [0, 0.05) is 30.6 Å². The number of alkyl carbamates (subject to hydrolysis) is 1. The van der Waals surface area contributed by atoms with E-state index in [4.69, 9.17) is 4.74 Å². The molecule has 1 saturated heterocycles. The van der Waals surface area contributed by atoms with Crippen LogP contribution in [0.15, 0.2) is 48.5 Å². The second-order valence-corrected chi connectivity index (χ2v) is 7.96. The largest absolute Gasteiger partial charge is 0.525 e. The summed E-state index contributed by atoms with van der Waals surface area (Å²) in [6.07, 6.45) is -7.82. The molecule has 0 aromatic heterocycles. The maximum absolute atomic E-state index is 12.9. The summed E-state index contributed by atoms with van der Waals surface area (Å²) in [4.78, 5) is 50.0. The van der Waals surface area contributed by atoms with Gasteiger partial charge in [-0.05, 0) is 23.6 Å². The summed E-state index contributed by atoms with van der Waals surface area (Å²) in [7, 11) is 0. The van der Waals surface area contributed by atoms with Crippen LogP contribution in [-0.2, 0) is 32.2 Å². The van der Waals surface area contributed by atoms with Crippen LogP contribution in [0.1, 0.15) is 46.2 Å². The molecule has 2 aromatic carbocycles. The molecule has 0 saturated carbocycles. The SMILES string of the molecule is O=C1CCC(N2Cc3ccc(CNC(=O)OC(OC(F)(F)F)c4ccccc4)cc3C2=O)C(=O)N1. The molecule has 2 aromatic rings. The fraction of sp³-hybridized carbons (Fsp3) is 0.304. The van der Waals surface area contributed by atoms with Crippen molar-refractivity contribution in [3.8, 4) is 0 Å². The number of carbonyl (C=O) groups is 4. The van der Waals surface area contributed by atoms with E-state index in [2.05, 4.69) is 15.4 Å². The second kappa shape index (κ2) is 9.74. The summed E-state index contributed by atoms with van der Waals surface area (Å²) < 4.78 is 47.0. The van der Waals surface area contributed by atoms with Gasteiger partial charge in [-0.3, -0.25) is 19.7 Å². The molecular formula is C23H20F3N3O6. The Bertz CT molecular complexity index is 1150. The molecule has 4 rings (SSSR count). The van der Waals surface area contributed by atoms with E-state index >= 15 is 0 Å². The highest BCUT2D eigenvalue weighted by molar-refractivity contribution is 6.05. The van der Waals surface area contributed by atoms with E-state index < -0.39 is 30.7 Å². The summed E-state index contributed by atoms with van der Waals surface area (Å²) in [5.74, 6) is -1.30. The quantitative estimate of drug-likeness (QED) is 0.475. The Labute approximate surface area is 197 Å². The van der Waals surface area contributed by atoms with Crippen molar-refractivity contribution in [1.29, 1.82) is 0 Å². The Hall–Kier alpha value is -3.93. The van der Waals surface area contributed by atoms with Crippen LogP contribution in [0.3, 0.4) is 0 Å². The first-order valence-electron chi connectivity index (χ1n) is 10.6. The minimum absolute atomic E-state index is 0.00311. The van der Waals surface area contributed by atoms with Crippen LogP contribution < -0.4 is 10.6 Å². The Kier molecular flexibility index (Phi) is 6.74. The fourth-order valence-electron chi connectivity index (χ4n) is 3.92. The molecule has 12 heteroatoms. The Balaban J connectivity index is 1.38. The number of piperidine rings is 1. The van der Waals surface area contributed by atoms with Gasteiger partial charge in [-0.25, -0.2) is 9.53 Å². The number of imide groups is 1. The summed E-state index contributed by atoms with van der Waals surface area (Å²) in [5, 5.41) is 4.57. The van der Waals surface area contributed by atoms with Gasteiger partial charge >= 0.3 is 12.5 Å². The maximum Gasteiger partial charge on any atom is 0.525 e. The fourth-order valence-corrected chi connectivity index (χ4v) is 3.92. The molecule has 0 radical (unpaired) electrons. The van der Waals surface area contributed by atoms with Crippen molar-refractivity contribution in [2.24, 2.45) is 0 Å². The van der Waals surface area contributed by atoms with Crippen LogP contribution in [0.5, 0.6) is 0 Å². The number of rotatable bonds is 6. The monoisotopic (exact) mass is 491 g/mol. The van der Waals surface area contributed by atoms with Crippen LogP contribution in [0.4, 0.5) is 18.0 Å². The summed E-state index contributed by atoms with van der Waals surface area (Å²) in [6, 6.07) is 11.3. The zero-order valence-electron chi connectivity index (χ0n) is 18.1. The maximum atomic E-state index is 12.9. The highest BCUT2D eigenvalue weighted by Crippen LogP contribution is 2.30. The van der Waals surface area contributed by atoms with Crippen molar-refractivity contribution < 1.29 is 41.8 Å². The zero-order chi connectivity index (χ0) is 25.2. The molecule has 184 valence electrons. The van der Waals surface area contributed by atoms with E-state index in [-0.39, 0.29) is 43.3 Å². The second-order valence-electron chi connectivity index (χ2n) is 7.96. The van der Waals surface area contributed by atoms with Gasteiger partial charge in [-0.15, -0.1) is 13.2 Å². The van der Waals surface area contributed by atoms with Gasteiger partial charge < -0.3 is 15.0 Å². The lowest BCUT2D eigenvalue weighted by atomic mass is 10.0. The van der Waals surface area contributed by atoms with Crippen LogP contribution in [0, 0.1) is 0 Å². The van der Waals surface area contributed by atoms with Gasteiger partial charge in [-0.2, -0.15) is 0 Å². The normalized spacial score (nSPS) is 18.7. The third kappa shape index (κ3) is 5.77. The first kappa shape index (κ1) is 24.2. The average Bonchev–Trinajstić information content (AvgIpc) is 3.12. The molecule has 2 heterocycles. The number of alkyl halides is 3. The highest BCUT2D eigenvalue weighted by Gasteiger charge is 2.39. The molecule has 1 fully saturated rings. The minimum atomic E-state index is -5.03. The van der Waals surface area contributed by atoms with Gasteiger partial charge in [0.15, 0.2) is 0 Å². The number of halogens is 3. The number of amides is 4. The molecule has 2 aliphatic heterocycles. The number of hydrogen-bond donors (Lipinski definition) is 2. The first-order valence-corrected chi connectivity index (χ1v) is 10.6. The molecular weight excluding hydrogens is 471 g/mol. The minimum Gasteiger partial charge on any atom is -0.415 e. The third-order valence-electron chi connectivity index (χ3n) is 5.56. The van der Waals surface area contributed by atoms with E-state index in [0.717, 1.165) is 0 Å². The smallest absolute Gasteiger partial charge is 0.415 e. The molecule has 35 heavy (non-hydrogen) atoms. The number of nitrogens with one attached hydrogen (secondary N) is 2. The molecule has 2 aliphatic rings. The standard InChI is InChI=1S/C23H20F3N3O6/c24-23(25,26)35-21(14-4-2-1-3-5-14)34-22(33)27-11-13-6-7-15-12-29(20(32)16(15)10-13)17-8-9-18(30)28-19(17)31/h1-7,10,17,21H,8-9,11-12H2,(H,27,33)(H,28,30,31). The Morgan fingerprint density at radius 3 is 2.57 bits per heavy atom. The molecule has 0 aliphatic carbocycles. The molecule has 2 unspecified atom stereocenters. The third-order valence-corrected chi connectivity index (χ3v) is 5.56. The van der Waals surface area contributed by atoms with E-state index in [1.807, 2.05) is 0 Å². The predicted octanol–water partition coefficient (Wildman–Crippen LogP) is 2.91. The van der Waals surface area contributed by atoms with Crippen LogP contribution in [-0.4, -0.2) is 41.1 Å². The number of nitrogens with zero attached hydrogens (tertiary/aromatic N) is 1. The first-order chi connectivity index (χ1) is 16.6. The van der Waals surface area contributed by atoms with E-state index in [9.17, 15) is 32.3 Å². The number of benzene rings is 2. The van der Waals surface area contributed by atoms with E-state index in [1.165, 1.54) is 35.2 Å². The Morgan fingerprint density at radius 1 is 1.14 bits per heavy atom. The zero-order valence-corrected chi connectivity index (χ0v) is 18.1. The van der Waals surface area contributed by atoms with Gasteiger partial charge in [0.05, 0.1) is 0 Å². The Morgan fingerprint density at radius 2 is 1.89 bits per heavy atom. The molecule has 9 nitrogen and oxygen atoms in total. The van der Waals surface area contributed by atoms with Crippen LogP contribution >= 0.6 is 0 Å². The van der Waals surface area contributed by atoms with Gasteiger partial charge in [0.25, 0.3) is 5.91 Å². The van der Waals surface area contributed by atoms with Gasteiger partial charge in [0.2, 0.25) is 18.1 Å². The van der Waals surface area contributed by atoms with Crippen molar-refractivity contribution in [2.75, 3.05) is 0 Å². The molecule has 0 spiro atoms. The lowest BCUT2D eigenvalue weighted by molar-refractivity contribution is -0.374. The van der Waals surface area contributed by atoms with Crippen LogP contribution in [0.2, 0.25) is 0 Å². The summed E-state index contributed by atoms with van der Waals surface area (Å²) in [6.45, 7) is 0.0646. The van der Waals surface area contributed by atoms with Crippen molar-refractivity contribution in [3.05, 3.63) is 70.8 Å². The van der Waals surface area contributed by atoms with Crippen molar-refractivity contribution in [1.82, 2.24) is 15.5 Å². The lowest BCUT2D eigenvalue weighted by Crippen LogP contribution is -2.52. The average molecular weight is 491 g/mol. The van der Waals surface area contributed by atoms with Gasteiger partial charge in [-0.1, -0.05) is 42.5 Å². The highest BCUT2D eigenvalue weighted by atomic mass is 19.4. The number of fused-ring (bicyclic) bond motifs is 1. The lowest BCUT2D eigenvalue weighted by Gasteiger charge is -2.29. The molecule has 4 amide bonds. The molecule has 2 atom stereocenters. The topological polar surface area (TPSA) is 114 Å². The predicted molar refractivity (Wildman–Crippen MR) is 112 cm³/mol. The number of hydrogen-bond acceptors (Lipinski definition) is 6. The number of carbonyl (C=O) groups excluding carboxylic acids is 4. The van der Waals surface area contributed by atoms with Gasteiger partial charge in [0.1, 0.15) is 6.04 Å².